The number of anilines is 1. The molecule has 0 aliphatic rings. The summed E-state index contributed by atoms with van der Waals surface area (Å²) in [4.78, 5) is 16.1. The molecule has 3 aromatic rings. The van der Waals surface area contributed by atoms with Gasteiger partial charge in [0.05, 0.1) is 16.9 Å². The number of ether oxygens (including phenoxy) is 1. The van der Waals surface area contributed by atoms with Crippen LogP contribution in [-0.2, 0) is 16.4 Å². The number of amides is 2. The van der Waals surface area contributed by atoms with Gasteiger partial charge in [0.2, 0.25) is 9.84 Å². The van der Waals surface area contributed by atoms with Crippen molar-refractivity contribution in [1.29, 1.82) is 0 Å². The Labute approximate surface area is 173 Å². The van der Waals surface area contributed by atoms with Crippen molar-refractivity contribution in [1.82, 2.24) is 10.3 Å². The van der Waals surface area contributed by atoms with Gasteiger partial charge >= 0.3 is 6.03 Å². The van der Waals surface area contributed by atoms with Crippen molar-refractivity contribution in [2.45, 2.75) is 16.3 Å². The fourth-order valence-corrected chi connectivity index (χ4v) is 4.13. The molecule has 29 heavy (non-hydrogen) atoms. The summed E-state index contributed by atoms with van der Waals surface area (Å²) in [6.45, 7) is 0.322. The van der Waals surface area contributed by atoms with Crippen LogP contribution in [0.5, 0.6) is 5.75 Å². The molecule has 0 saturated carbocycles. The first-order chi connectivity index (χ1) is 13.9. The third kappa shape index (κ3) is 5.24. The third-order valence-electron chi connectivity index (χ3n) is 3.99. The molecule has 0 aliphatic carbocycles. The Morgan fingerprint density at radius 1 is 1.10 bits per heavy atom. The van der Waals surface area contributed by atoms with Crippen LogP contribution in [0.4, 0.5) is 10.5 Å². The Hall–Kier alpha value is -3.10. The highest BCUT2D eigenvalue weighted by Gasteiger charge is 2.19. The minimum absolute atomic E-state index is 0.0248. The second-order valence-corrected chi connectivity index (χ2v) is 8.41. The fourth-order valence-electron chi connectivity index (χ4n) is 2.52. The maximum Gasteiger partial charge on any atom is 0.319 e. The highest BCUT2D eigenvalue weighted by atomic mass is 35.5. The lowest BCUT2D eigenvalue weighted by atomic mass is 10.3. The first kappa shape index (κ1) is 20.6. The van der Waals surface area contributed by atoms with Gasteiger partial charge in [-0.1, -0.05) is 17.7 Å². The average Bonchev–Trinajstić information content (AvgIpc) is 2.73. The molecule has 7 nitrogen and oxygen atoms in total. The topological polar surface area (TPSA) is 97.4 Å². The first-order valence-electron chi connectivity index (χ1n) is 8.52. The Balaban J connectivity index is 1.69. The standard InChI is InChI=1S/C20H18ClN3O4S/c1-28-17-9-15(21)10-19(11-17)29(26,27)18-6-4-16(5-7-18)24-20(25)23-13-14-3-2-8-22-12-14/h2-12H,13H2,1H3,(H2,23,24,25). The molecule has 0 aliphatic heterocycles. The quantitative estimate of drug-likeness (QED) is 0.616. The Morgan fingerprint density at radius 2 is 1.86 bits per heavy atom. The monoisotopic (exact) mass is 431 g/mol. The predicted molar refractivity (Wildman–Crippen MR) is 110 cm³/mol. The van der Waals surface area contributed by atoms with Gasteiger partial charge < -0.3 is 15.4 Å². The van der Waals surface area contributed by atoms with Gasteiger partial charge in [0.15, 0.2) is 0 Å². The van der Waals surface area contributed by atoms with Gasteiger partial charge in [-0.05, 0) is 54.1 Å². The molecular formula is C20H18ClN3O4S. The Kier molecular flexibility index (Phi) is 6.36. The summed E-state index contributed by atoms with van der Waals surface area (Å²) in [6.07, 6.45) is 3.31. The maximum atomic E-state index is 12.8. The van der Waals surface area contributed by atoms with E-state index in [1.165, 1.54) is 49.6 Å². The van der Waals surface area contributed by atoms with Crippen LogP contribution in [0.3, 0.4) is 0 Å². The predicted octanol–water partition coefficient (Wildman–Crippen LogP) is 3.90. The second kappa shape index (κ2) is 8.93. The van der Waals surface area contributed by atoms with Gasteiger partial charge in [-0.3, -0.25) is 4.98 Å². The minimum atomic E-state index is -3.79. The van der Waals surface area contributed by atoms with Crippen molar-refractivity contribution in [2.24, 2.45) is 0 Å². The molecule has 0 unspecified atom stereocenters. The number of rotatable bonds is 6. The van der Waals surface area contributed by atoms with E-state index in [0.29, 0.717) is 18.0 Å². The lowest BCUT2D eigenvalue weighted by Crippen LogP contribution is -2.28. The molecule has 0 bridgehead atoms. The van der Waals surface area contributed by atoms with Crippen LogP contribution in [0.2, 0.25) is 5.02 Å². The molecule has 2 N–H and O–H groups in total. The Morgan fingerprint density at radius 3 is 2.52 bits per heavy atom. The molecule has 0 radical (unpaired) electrons. The van der Waals surface area contributed by atoms with E-state index in [1.54, 1.807) is 18.5 Å². The van der Waals surface area contributed by atoms with E-state index >= 15 is 0 Å². The van der Waals surface area contributed by atoms with Gasteiger partial charge in [0.1, 0.15) is 5.75 Å². The van der Waals surface area contributed by atoms with Crippen molar-refractivity contribution in [3.05, 3.63) is 77.6 Å². The van der Waals surface area contributed by atoms with E-state index < -0.39 is 15.9 Å². The zero-order chi connectivity index (χ0) is 20.9. The molecule has 3 rings (SSSR count). The molecule has 0 fully saturated rings. The highest BCUT2D eigenvalue weighted by Crippen LogP contribution is 2.28. The number of benzene rings is 2. The Bertz CT molecular complexity index is 1100. The summed E-state index contributed by atoms with van der Waals surface area (Å²) in [5, 5.41) is 5.61. The number of halogens is 1. The molecule has 0 atom stereocenters. The normalized spacial score (nSPS) is 11.0. The second-order valence-electron chi connectivity index (χ2n) is 6.02. The number of carbonyl (C=O) groups excluding carboxylic acids is 1. The van der Waals surface area contributed by atoms with Crippen LogP contribution in [0.25, 0.3) is 0 Å². The number of nitrogens with one attached hydrogen (secondary N) is 2. The first-order valence-corrected chi connectivity index (χ1v) is 10.4. The summed E-state index contributed by atoms with van der Waals surface area (Å²) in [7, 11) is -2.35. The number of urea groups is 1. The summed E-state index contributed by atoms with van der Waals surface area (Å²) >= 11 is 5.98. The van der Waals surface area contributed by atoms with Crippen LogP contribution in [0.1, 0.15) is 5.56 Å². The number of hydrogen-bond acceptors (Lipinski definition) is 5. The third-order valence-corrected chi connectivity index (χ3v) is 5.96. The summed E-state index contributed by atoms with van der Waals surface area (Å²) in [5.41, 5.74) is 1.32. The van der Waals surface area contributed by atoms with E-state index in [0.717, 1.165) is 5.56 Å². The van der Waals surface area contributed by atoms with Crippen LogP contribution in [0.15, 0.2) is 76.8 Å². The van der Waals surface area contributed by atoms with E-state index in [1.807, 2.05) is 6.07 Å². The molecule has 2 amide bonds. The van der Waals surface area contributed by atoms with E-state index in [9.17, 15) is 13.2 Å². The number of aromatic nitrogens is 1. The maximum absolute atomic E-state index is 12.8. The molecule has 9 heteroatoms. The van der Waals surface area contributed by atoms with Crippen LogP contribution >= 0.6 is 11.6 Å². The largest absolute Gasteiger partial charge is 0.497 e. The van der Waals surface area contributed by atoms with Gasteiger partial charge in [0.25, 0.3) is 0 Å². The van der Waals surface area contributed by atoms with Crippen LogP contribution < -0.4 is 15.4 Å². The van der Waals surface area contributed by atoms with Gasteiger partial charge in [-0.15, -0.1) is 0 Å². The number of sulfone groups is 1. The van der Waals surface area contributed by atoms with E-state index in [-0.39, 0.29) is 14.8 Å². The number of carbonyl (C=O) groups is 1. The zero-order valence-corrected chi connectivity index (χ0v) is 17.0. The minimum Gasteiger partial charge on any atom is -0.497 e. The fraction of sp³-hybridized carbons (Fsp3) is 0.100. The smallest absolute Gasteiger partial charge is 0.319 e. The van der Waals surface area contributed by atoms with Crippen molar-refractivity contribution in [3.8, 4) is 5.75 Å². The molecule has 150 valence electrons. The lowest BCUT2D eigenvalue weighted by Gasteiger charge is -2.10. The molecule has 2 aromatic carbocycles. The van der Waals surface area contributed by atoms with Crippen molar-refractivity contribution < 1.29 is 17.9 Å². The average molecular weight is 432 g/mol. The van der Waals surface area contributed by atoms with Gasteiger partial charge in [-0.25, -0.2) is 13.2 Å². The van der Waals surface area contributed by atoms with E-state index in [4.69, 9.17) is 16.3 Å². The SMILES string of the molecule is COc1cc(Cl)cc(S(=O)(=O)c2ccc(NC(=O)NCc3cccnc3)cc2)c1. The van der Waals surface area contributed by atoms with E-state index in [2.05, 4.69) is 15.6 Å². The lowest BCUT2D eigenvalue weighted by molar-refractivity contribution is 0.251. The molecule has 1 aromatic heterocycles. The molecule has 0 saturated heterocycles. The van der Waals surface area contributed by atoms with Crippen molar-refractivity contribution >= 4 is 33.2 Å². The number of hydrogen-bond donors (Lipinski definition) is 2. The summed E-state index contributed by atoms with van der Waals surface area (Å²) in [5.74, 6) is 0.347. The zero-order valence-electron chi connectivity index (χ0n) is 15.4. The molecule has 1 heterocycles. The highest BCUT2D eigenvalue weighted by molar-refractivity contribution is 7.91. The van der Waals surface area contributed by atoms with Crippen LogP contribution in [-0.4, -0.2) is 26.5 Å². The summed E-state index contributed by atoms with van der Waals surface area (Å²) in [6, 6.07) is 13.4. The van der Waals surface area contributed by atoms with Gasteiger partial charge in [0, 0.05) is 29.6 Å². The molecular weight excluding hydrogens is 414 g/mol. The summed E-state index contributed by atoms with van der Waals surface area (Å²) < 4.78 is 30.7. The van der Waals surface area contributed by atoms with Crippen molar-refractivity contribution in [2.75, 3.05) is 12.4 Å². The number of nitrogens with zero attached hydrogens (tertiary/aromatic N) is 1. The number of pyridine rings is 1. The number of methoxy groups -OCH3 is 1. The molecule has 0 spiro atoms. The van der Waals surface area contributed by atoms with Crippen LogP contribution in [0, 0.1) is 0 Å². The van der Waals surface area contributed by atoms with Crippen molar-refractivity contribution in [3.63, 3.8) is 0 Å². The van der Waals surface area contributed by atoms with Gasteiger partial charge in [-0.2, -0.15) is 0 Å².